The fourth-order valence-corrected chi connectivity index (χ4v) is 2.28. The molecule has 1 aromatic carbocycles. The van der Waals surface area contributed by atoms with E-state index in [0.717, 1.165) is 45.1 Å². The van der Waals surface area contributed by atoms with Crippen LogP contribution in [-0.2, 0) is 11.2 Å². The molecule has 0 aliphatic heterocycles. The van der Waals surface area contributed by atoms with Crippen LogP contribution in [0.15, 0.2) is 30.3 Å². The predicted molar refractivity (Wildman–Crippen MR) is 91.8 cm³/mol. The van der Waals surface area contributed by atoms with E-state index in [0.29, 0.717) is 6.42 Å². The first-order valence-electron chi connectivity index (χ1n) is 7.79. The molecule has 1 atom stereocenters. The third-order valence-corrected chi connectivity index (χ3v) is 3.54. The molecule has 0 bridgehead atoms. The fraction of sp³-hybridized carbons (Fsp3) is 0.588. The topological polar surface area (TPSA) is 55.1 Å². The molecule has 21 heavy (non-hydrogen) atoms. The van der Waals surface area contributed by atoms with Crippen molar-refractivity contribution in [3.05, 3.63) is 35.9 Å². The normalized spacial score (nSPS) is 11.5. The van der Waals surface area contributed by atoms with Gasteiger partial charge in [-0.25, -0.2) is 0 Å². The van der Waals surface area contributed by atoms with Crippen molar-refractivity contribution in [2.45, 2.75) is 57.9 Å². The monoisotopic (exact) mass is 312 g/mol. The highest BCUT2D eigenvalue weighted by Crippen LogP contribution is 2.07. The number of halogens is 1. The van der Waals surface area contributed by atoms with Gasteiger partial charge in [0.15, 0.2) is 0 Å². The number of unbranched alkanes of at least 4 members (excludes halogenated alkanes) is 3. The van der Waals surface area contributed by atoms with E-state index in [1.807, 2.05) is 18.2 Å². The smallest absolute Gasteiger partial charge is 0.220 e. The molecule has 1 aromatic rings. The van der Waals surface area contributed by atoms with Crippen LogP contribution in [-0.4, -0.2) is 18.5 Å². The minimum atomic E-state index is 0. The molecule has 0 spiro atoms. The number of rotatable bonds is 10. The molecule has 0 aliphatic rings. The van der Waals surface area contributed by atoms with Crippen molar-refractivity contribution in [2.75, 3.05) is 6.54 Å². The van der Waals surface area contributed by atoms with E-state index in [-0.39, 0.29) is 24.4 Å². The molecule has 3 nitrogen and oxygen atoms in total. The molecule has 0 radical (unpaired) electrons. The Balaban J connectivity index is 0.00000400. The summed E-state index contributed by atoms with van der Waals surface area (Å²) in [5, 5.41) is 3.14. The van der Waals surface area contributed by atoms with Gasteiger partial charge in [0.2, 0.25) is 5.91 Å². The van der Waals surface area contributed by atoms with Crippen molar-refractivity contribution < 1.29 is 4.79 Å². The predicted octanol–water partition coefficient (Wildman–Crippen LogP) is 3.45. The Bertz CT molecular complexity index is 370. The van der Waals surface area contributed by atoms with E-state index in [4.69, 9.17) is 5.73 Å². The lowest BCUT2D eigenvalue weighted by Crippen LogP contribution is -2.35. The van der Waals surface area contributed by atoms with Crippen LogP contribution >= 0.6 is 12.4 Å². The summed E-state index contributed by atoms with van der Waals surface area (Å²) >= 11 is 0. The SMILES string of the molecule is CCC(Cc1ccccc1)NC(=O)CCCCCCN.Cl. The minimum absolute atomic E-state index is 0. The molecular formula is C17H29ClN2O. The fourth-order valence-electron chi connectivity index (χ4n) is 2.28. The third kappa shape index (κ3) is 9.48. The van der Waals surface area contributed by atoms with Gasteiger partial charge in [0.25, 0.3) is 0 Å². The van der Waals surface area contributed by atoms with Crippen LogP contribution in [0.4, 0.5) is 0 Å². The zero-order valence-corrected chi connectivity index (χ0v) is 13.8. The van der Waals surface area contributed by atoms with E-state index in [1.165, 1.54) is 5.56 Å². The number of hydrogen-bond acceptors (Lipinski definition) is 2. The van der Waals surface area contributed by atoms with Gasteiger partial charge in [-0.1, -0.05) is 50.1 Å². The second-order valence-corrected chi connectivity index (χ2v) is 5.32. The lowest BCUT2D eigenvalue weighted by Gasteiger charge is -2.17. The van der Waals surface area contributed by atoms with E-state index in [9.17, 15) is 4.79 Å². The van der Waals surface area contributed by atoms with E-state index in [2.05, 4.69) is 24.4 Å². The zero-order valence-electron chi connectivity index (χ0n) is 13.0. The number of carbonyl (C=O) groups excluding carboxylic acids is 1. The molecule has 3 N–H and O–H groups in total. The van der Waals surface area contributed by atoms with Gasteiger partial charge in [-0.15, -0.1) is 12.4 Å². The van der Waals surface area contributed by atoms with Crippen molar-refractivity contribution in [3.63, 3.8) is 0 Å². The Morgan fingerprint density at radius 2 is 1.81 bits per heavy atom. The zero-order chi connectivity index (χ0) is 14.6. The Hall–Kier alpha value is -1.06. The first kappa shape index (κ1) is 19.9. The van der Waals surface area contributed by atoms with Gasteiger partial charge in [-0.05, 0) is 37.8 Å². The van der Waals surface area contributed by atoms with Crippen LogP contribution in [0.1, 0.15) is 51.0 Å². The number of nitrogens with one attached hydrogen (secondary N) is 1. The molecular weight excluding hydrogens is 284 g/mol. The molecule has 1 unspecified atom stereocenters. The van der Waals surface area contributed by atoms with Crippen LogP contribution < -0.4 is 11.1 Å². The summed E-state index contributed by atoms with van der Waals surface area (Å²) in [5.74, 6) is 0.181. The molecule has 1 amide bonds. The molecule has 0 fully saturated rings. The van der Waals surface area contributed by atoms with Gasteiger partial charge in [0.05, 0.1) is 0 Å². The molecule has 0 heterocycles. The van der Waals surface area contributed by atoms with Gasteiger partial charge in [-0.2, -0.15) is 0 Å². The van der Waals surface area contributed by atoms with Gasteiger partial charge >= 0.3 is 0 Å². The summed E-state index contributed by atoms with van der Waals surface area (Å²) < 4.78 is 0. The second kappa shape index (κ2) is 12.7. The Morgan fingerprint density at radius 1 is 1.14 bits per heavy atom. The molecule has 0 aromatic heterocycles. The third-order valence-electron chi connectivity index (χ3n) is 3.54. The highest BCUT2D eigenvalue weighted by atomic mass is 35.5. The molecule has 4 heteroatoms. The molecule has 0 saturated heterocycles. The summed E-state index contributed by atoms with van der Waals surface area (Å²) in [6, 6.07) is 10.6. The van der Waals surface area contributed by atoms with Crippen LogP contribution in [0, 0.1) is 0 Å². The maximum absolute atomic E-state index is 11.9. The first-order chi connectivity index (χ1) is 9.76. The van der Waals surface area contributed by atoms with Gasteiger partial charge in [-0.3, -0.25) is 4.79 Å². The number of carbonyl (C=O) groups is 1. The highest BCUT2D eigenvalue weighted by molar-refractivity contribution is 5.85. The summed E-state index contributed by atoms with van der Waals surface area (Å²) in [6.45, 7) is 2.87. The van der Waals surface area contributed by atoms with E-state index in [1.54, 1.807) is 0 Å². The van der Waals surface area contributed by atoms with Gasteiger partial charge in [0, 0.05) is 12.5 Å². The van der Waals surface area contributed by atoms with Crippen LogP contribution in [0.3, 0.4) is 0 Å². The largest absolute Gasteiger partial charge is 0.353 e. The highest BCUT2D eigenvalue weighted by Gasteiger charge is 2.10. The van der Waals surface area contributed by atoms with Crippen LogP contribution in [0.25, 0.3) is 0 Å². The van der Waals surface area contributed by atoms with Crippen molar-refractivity contribution in [1.29, 1.82) is 0 Å². The van der Waals surface area contributed by atoms with Crippen molar-refractivity contribution in [1.82, 2.24) is 5.32 Å². The lowest BCUT2D eigenvalue weighted by molar-refractivity contribution is -0.121. The maximum atomic E-state index is 11.9. The van der Waals surface area contributed by atoms with Gasteiger partial charge in [0.1, 0.15) is 0 Å². The Labute approximate surface area is 135 Å². The van der Waals surface area contributed by atoms with Crippen molar-refractivity contribution in [3.8, 4) is 0 Å². The lowest BCUT2D eigenvalue weighted by atomic mass is 10.0. The second-order valence-electron chi connectivity index (χ2n) is 5.32. The van der Waals surface area contributed by atoms with Gasteiger partial charge < -0.3 is 11.1 Å². The quantitative estimate of drug-likeness (QED) is 0.650. The summed E-state index contributed by atoms with van der Waals surface area (Å²) in [5.41, 5.74) is 6.73. The maximum Gasteiger partial charge on any atom is 0.220 e. The first-order valence-corrected chi connectivity index (χ1v) is 7.79. The summed E-state index contributed by atoms with van der Waals surface area (Å²) in [7, 11) is 0. The number of amides is 1. The standard InChI is InChI=1S/C17H28N2O.ClH/c1-2-16(14-15-10-6-5-7-11-15)19-17(20)12-8-3-4-9-13-18;/h5-7,10-11,16H,2-4,8-9,12-14,18H2,1H3,(H,19,20);1H. The minimum Gasteiger partial charge on any atom is -0.353 e. The average molecular weight is 313 g/mol. The van der Waals surface area contributed by atoms with Crippen LogP contribution in [0.2, 0.25) is 0 Å². The van der Waals surface area contributed by atoms with E-state index >= 15 is 0 Å². The van der Waals surface area contributed by atoms with Crippen molar-refractivity contribution in [2.24, 2.45) is 5.73 Å². The molecule has 0 aliphatic carbocycles. The van der Waals surface area contributed by atoms with E-state index < -0.39 is 0 Å². The summed E-state index contributed by atoms with van der Waals surface area (Å²) in [6.07, 6.45) is 6.77. The Kier molecular flexibility index (Phi) is 12.0. The molecule has 120 valence electrons. The number of nitrogens with two attached hydrogens (primary N) is 1. The molecule has 1 rings (SSSR count). The molecule has 0 saturated carbocycles. The van der Waals surface area contributed by atoms with Crippen molar-refractivity contribution >= 4 is 18.3 Å². The summed E-state index contributed by atoms with van der Waals surface area (Å²) in [4.78, 5) is 11.9. The Morgan fingerprint density at radius 3 is 2.43 bits per heavy atom. The number of hydrogen-bond donors (Lipinski definition) is 2. The average Bonchev–Trinajstić information content (AvgIpc) is 2.47. The van der Waals surface area contributed by atoms with Crippen LogP contribution in [0.5, 0.6) is 0 Å². The number of benzene rings is 1.